The van der Waals surface area contributed by atoms with Crippen LogP contribution in [0.5, 0.6) is 11.5 Å². The number of hydrogen-bond donors (Lipinski definition) is 0. The summed E-state index contributed by atoms with van der Waals surface area (Å²) in [5.41, 5.74) is 1.55. The Morgan fingerprint density at radius 3 is 2.41 bits per heavy atom. The minimum atomic E-state index is 0.362. The zero-order chi connectivity index (χ0) is 12.3. The molecule has 1 aromatic carbocycles. The number of halogens is 1. The maximum Gasteiger partial charge on any atom is 0.151 e. The molecule has 88 valence electrons. The lowest BCUT2D eigenvalue weighted by molar-refractivity contribution is 0.395. The SMILES string of the molecule is COc1ccc(-c2ccc(Cl)nn2)c(OC)c1. The average molecular weight is 251 g/mol. The van der Waals surface area contributed by atoms with E-state index in [1.165, 1.54) is 0 Å². The molecular weight excluding hydrogens is 240 g/mol. The van der Waals surface area contributed by atoms with Gasteiger partial charge in [0.05, 0.1) is 19.9 Å². The van der Waals surface area contributed by atoms with E-state index in [-0.39, 0.29) is 0 Å². The first-order valence-corrected chi connectivity index (χ1v) is 5.34. The average Bonchev–Trinajstić information content (AvgIpc) is 2.39. The van der Waals surface area contributed by atoms with Crippen molar-refractivity contribution in [1.82, 2.24) is 10.2 Å². The minimum Gasteiger partial charge on any atom is -0.497 e. The quantitative estimate of drug-likeness (QED) is 0.840. The van der Waals surface area contributed by atoms with Gasteiger partial charge in [-0.05, 0) is 24.3 Å². The molecule has 0 spiro atoms. The van der Waals surface area contributed by atoms with E-state index < -0.39 is 0 Å². The summed E-state index contributed by atoms with van der Waals surface area (Å²) in [5, 5.41) is 8.17. The third-order valence-electron chi connectivity index (χ3n) is 2.32. The lowest BCUT2D eigenvalue weighted by Crippen LogP contribution is -1.93. The molecule has 17 heavy (non-hydrogen) atoms. The predicted octanol–water partition coefficient (Wildman–Crippen LogP) is 2.81. The molecule has 4 nitrogen and oxygen atoms in total. The lowest BCUT2D eigenvalue weighted by Gasteiger charge is -2.09. The van der Waals surface area contributed by atoms with Crippen molar-refractivity contribution in [1.29, 1.82) is 0 Å². The fourth-order valence-electron chi connectivity index (χ4n) is 1.47. The molecule has 0 bridgehead atoms. The molecular formula is C12H11ClN2O2. The van der Waals surface area contributed by atoms with E-state index in [0.717, 1.165) is 11.3 Å². The summed E-state index contributed by atoms with van der Waals surface area (Å²) in [6.07, 6.45) is 0. The van der Waals surface area contributed by atoms with Crippen LogP contribution in [0.3, 0.4) is 0 Å². The zero-order valence-electron chi connectivity index (χ0n) is 9.48. The summed E-state index contributed by atoms with van der Waals surface area (Å²) in [4.78, 5) is 0. The van der Waals surface area contributed by atoms with Gasteiger partial charge in [-0.2, -0.15) is 0 Å². The highest BCUT2D eigenvalue weighted by molar-refractivity contribution is 6.29. The molecule has 0 atom stereocenters. The van der Waals surface area contributed by atoms with Crippen molar-refractivity contribution in [2.75, 3.05) is 14.2 Å². The standard InChI is InChI=1S/C12H11ClN2O2/c1-16-8-3-4-9(11(7-8)17-2)10-5-6-12(13)15-14-10/h3-7H,1-2H3. The molecule has 0 fully saturated rings. The van der Waals surface area contributed by atoms with Crippen molar-refractivity contribution in [3.8, 4) is 22.8 Å². The highest BCUT2D eigenvalue weighted by Crippen LogP contribution is 2.31. The Balaban J connectivity index is 2.47. The maximum absolute atomic E-state index is 5.70. The second-order valence-electron chi connectivity index (χ2n) is 3.31. The van der Waals surface area contributed by atoms with Crippen LogP contribution in [-0.2, 0) is 0 Å². The van der Waals surface area contributed by atoms with Gasteiger partial charge >= 0.3 is 0 Å². The number of methoxy groups -OCH3 is 2. The Bertz CT molecular complexity index is 514. The molecule has 1 aromatic heterocycles. The summed E-state index contributed by atoms with van der Waals surface area (Å²) in [6, 6.07) is 8.99. The number of ether oxygens (including phenoxy) is 2. The normalized spacial score (nSPS) is 10.1. The molecule has 0 unspecified atom stereocenters. The molecule has 0 saturated heterocycles. The fraction of sp³-hybridized carbons (Fsp3) is 0.167. The molecule has 0 N–H and O–H groups in total. The molecule has 0 aliphatic carbocycles. The molecule has 0 aliphatic rings. The van der Waals surface area contributed by atoms with Gasteiger partial charge in [0, 0.05) is 11.6 Å². The smallest absolute Gasteiger partial charge is 0.151 e. The molecule has 0 amide bonds. The van der Waals surface area contributed by atoms with Gasteiger partial charge in [-0.15, -0.1) is 10.2 Å². The van der Waals surface area contributed by atoms with Gasteiger partial charge in [-0.3, -0.25) is 0 Å². The number of hydrogen-bond acceptors (Lipinski definition) is 4. The third-order valence-corrected chi connectivity index (χ3v) is 2.52. The molecule has 0 radical (unpaired) electrons. The van der Waals surface area contributed by atoms with Crippen LogP contribution in [0.25, 0.3) is 11.3 Å². The van der Waals surface area contributed by atoms with Crippen LogP contribution in [0.1, 0.15) is 0 Å². The topological polar surface area (TPSA) is 44.2 Å². The molecule has 2 rings (SSSR count). The lowest BCUT2D eigenvalue weighted by atomic mass is 10.1. The number of aromatic nitrogens is 2. The predicted molar refractivity (Wildman–Crippen MR) is 65.6 cm³/mol. The number of rotatable bonds is 3. The second kappa shape index (κ2) is 5.01. The Morgan fingerprint density at radius 2 is 1.82 bits per heavy atom. The summed E-state index contributed by atoms with van der Waals surface area (Å²) in [7, 11) is 3.21. The van der Waals surface area contributed by atoms with E-state index >= 15 is 0 Å². The maximum atomic E-state index is 5.70. The van der Waals surface area contributed by atoms with Crippen molar-refractivity contribution >= 4 is 11.6 Å². The Kier molecular flexibility index (Phi) is 3.44. The highest BCUT2D eigenvalue weighted by atomic mass is 35.5. The van der Waals surface area contributed by atoms with Gasteiger partial charge in [-0.1, -0.05) is 11.6 Å². The van der Waals surface area contributed by atoms with E-state index in [9.17, 15) is 0 Å². The van der Waals surface area contributed by atoms with Crippen LogP contribution in [0, 0.1) is 0 Å². The molecule has 0 aliphatic heterocycles. The summed E-state index contributed by atoms with van der Waals surface area (Å²) in [6.45, 7) is 0. The minimum absolute atomic E-state index is 0.362. The third kappa shape index (κ3) is 2.47. The first kappa shape index (κ1) is 11.7. The summed E-state index contributed by atoms with van der Waals surface area (Å²) >= 11 is 5.70. The molecule has 5 heteroatoms. The first-order valence-electron chi connectivity index (χ1n) is 4.96. The largest absolute Gasteiger partial charge is 0.497 e. The first-order chi connectivity index (χ1) is 8.24. The summed E-state index contributed by atoms with van der Waals surface area (Å²) < 4.78 is 10.4. The number of benzene rings is 1. The van der Waals surface area contributed by atoms with Crippen molar-refractivity contribution in [2.45, 2.75) is 0 Å². The van der Waals surface area contributed by atoms with Crippen molar-refractivity contribution in [2.24, 2.45) is 0 Å². The molecule has 1 heterocycles. The van der Waals surface area contributed by atoms with Gasteiger partial charge in [0.1, 0.15) is 11.5 Å². The van der Waals surface area contributed by atoms with Crippen molar-refractivity contribution in [3.05, 3.63) is 35.5 Å². The van der Waals surface area contributed by atoms with E-state index in [0.29, 0.717) is 16.6 Å². The summed E-state index contributed by atoms with van der Waals surface area (Å²) in [5.74, 6) is 1.41. The van der Waals surface area contributed by atoms with E-state index in [2.05, 4.69) is 10.2 Å². The monoisotopic (exact) mass is 250 g/mol. The number of nitrogens with zero attached hydrogens (tertiary/aromatic N) is 2. The van der Waals surface area contributed by atoms with Crippen LogP contribution in [0.2, 0.25) is 5.15 Å². The van der Waals surface area contributed by atoms with Gasteiger partial charge in [0.2, 0.25) is 0 Å². The van der Waals surface area contributed by atoms with E-state index in [1.54, 1.807) is 32.4 Å². The highest BCUT2D eigenvalue weighted by Gasteiger charge is 2.09. The molecule has 0 saturated carbocycles. The molecule has 2 aromatic rings. The van der Waals surface area contributed by atoms with Crippen LogP contribution in [0.15, 0.2) is 30.3 Å². The van der Waals surface area contributed by atoms with Gasteiger partial charge in [-0.25, -0.2) is 0 Å². The van der Waals surface area contributed by atoms with E-state index in [1.807, 2.05) is 12.1 Å². The second-order valence-corrected chi connectivity index (χ2v) is 3.69. The Hall–Kier alpha value is -1.81. The Morgan fingerprint density at radius 1 is 1.00 bits per heavy atom. The van der Waals surface area contributed by atoms with Crippen LogP contribution in [-0.4, -0.2) is 24.4 Å². The van der Waals surface area contributed by atoms with Crippen molar-refractivity contribution < 1.29 is 9.47 Å². The van der Waals surface area contributed by atoms with Crippen molar-refractivity contribution in [3.63, 3.8) is 0 Å². The van der Waals surface area contributed by atoms with Crippen LogP contribution < -0.4 is 9.47 Å². The van der Waals surface area contributed by atoms with E-state index in [4.69, 9.17) is 21.1 Å². The Labute approximate surface area is 104 Å². The van der Waals surface area contributed by atoms with Crippen LogP contribution in [0.4, 0.5) is 0 Å². The van der Waals surface area contributed by atoms with Crippen LogP contribution >= 0.6 is 11.6 Å². The van der Waals surface area contributed by atoms with Gasteiger partial charge < -0.3 is 9.47 Å². The van der Waals surface area contributed by atoms with Gasteiger partial charge in [0.15, 0.2) is 5.15 Å². The fourth-order valence-corrected chi connectivity index (χ4v) is 1.57. The zero-order valence-corrected chi connectivity index (χ0v) is 10.2. The van der Waals surface area contributed by atoms with Gasteiger partial charge in [0.25, 0.3) is 0 Å².